The van der Waals surface area contributed by atoms with Crippen molar-refractivity contribution in [3.63, 3.8) is 0 Å². The fourth-order valence-electron chi connectivity index (χ4n) is 0.549. The van der Waals surface area contributed by atoms with Gasteiger partial charge in [0.2, 0.25) is 0 Å². The van der Waals surface area contributed by atoms with Crippen LogP contribution in [0.1, 0.15) is 0 Å². The summed E-state index contributed by atoms with van der Waals surface area (Å²) in [7, 11) is 0. The van der Waals surface area contributed by atoms with E-state index >= 15 is 0 Å². The first-order valence-electron chi connectivity index (χ1n) is 2.52. The van der Waals surface area contributed by atoms with Crippen molar-refractivity contribution in [1.82, 2.24) is 0 Å². The topological polar surface area (TPSA) is 43.1 Å². The van der Waals surface area contributed by atoms with E-state index in [4.69, 9.17) is 0 Å². The molecule has 0 amide bonds. The monoisotopic (exact) mass is 140 g/mol. The Morgan fingerprint density at radius 3 is 2.80 bits per heavy atom. The Morgan fingerprint density at radius 1 is 1.70 bits per heavy atom. The van der Waals surface area contributed by atoms with Crippen molar-refractivity contribution in [1.29, 1.82) is 0 Å². The van der Waals surface area contributed by atoms with Crippen molar-refractivity contribution < 1.29 is 9.31 Å². The fourth-order valence-corrected chi connectivity index (χ4v) is 0.549. The van der Waals surface area contributed by atoms with Gasteiger partial charge in [-0.2, -0.15) is 4.39 Å². The Morgan fingerprint density at radius 2 is 2.40 bits per heavy atom. The van der Waals surface area contributed by atoms with Gasteiger partial charge in [0.15, 0.2) is 0 Å². The number of allylic oxidation sites excluding steroid dienone is 5. The molecular formula is C6H3FNO2+. The molecule has 3 nitrogen and oxygen atoms in total. The van der Waals surface area contributed by atoms with Gasteiger partial charge in [0.1, 0.15) is 17.1 Å². The molecule has 0 heterocycles. The molecule has 0 aromatic heterocycles. The molecule has 0 fully saturated rings. The van der Waals surface area contributed by atoms with E-state index in [0.29, 0.717) is 0 Å². The summed E-state index contributed by atoms with van der Waals surface area (Å²) in [5.74, 6) is -0.924. The predicted octanol–water partition coefficient (Wildman–Crippen LogP) is 1.37. The molecule has 0 aliphatic heterocycles. The van der Waals surface area contributed by atoms with E-state index in [1.54, 1.807) is 0 Å². The van der Waals surface area contributed by atoms with Gasteiger partial charge in [-0.1, -0.05) is 0 Å². The fraction of sp³-hybridized carbons (Fsp3) is 0. The lowest BCUT2D eigenvalue weighted by atomic mass is 10.2. The van der Waals surface area contributed by atoms with Gasteiger partial charge in [-0.25, -0.2) is 10.1 Å². The highest BCUT2D eigenvalue weighted by Gasteiger charge is 2.27. The van der Waals surface area contributed by atoms with Gasteiger partial charge in [-0.05, 0) is 0 Å². The van der Waals surface area contributed by atoms with Crippen molar-refractivity contribution >= 4 is 0 Å². The molecule has 1 aliphatic carbocycles. The van der Waals surface area contributed by atoms with E-state index in [9.17, 15) is 14.5 Å². The van der Waals surface area contributed by atoms with E-state index < -0.39 is 16.4 Å². The lowest BCUT2D eigenvalue weighted by Gasteiger charge is -1.84. The Balaban J connectivity index is 2.98. The summed E-state index contributed by atoms with van der Waals surface area (Å²) in [6, 6.07) is 0. The largest absolute Gasteiger partial charge is 0.415 e. The molecule has 10 heavy (non-hydrogen) atoms. The lowest BCUT2D eigenvalue weighted by molar-refractivity contribution is -0.422. The highest BCUT2D eigenvalue weighted by Crippen LogP contribution is 2.14. The van der Waals surface area contributed by atoms with Crippen LogP contribution in [0.4, 0.5) is 4.39 Å². The molecule has 0 N–H and O–H groups in total. The zero-order chi connectivity index (χ0) is 7.56. The van der Waals surface area contributed by atoms with Crippen LogP contribution in [-0.2, 0) is 0 Å². The molecule has 50 valence electrons. The second kappa shape index (κ2) is 2.37. The van der Waals surface area contributed by atoms with Crippen LogP contribution in [0.3, 0.4) is 0 Å². The molecule has 0 bridgehead atoms. The van der Waals surface area contributed by atoms with Crippen molar-refractivity contribution in [2.75, 3.05) is 0 Å². The van der Waals surface area contributed by atoms with E-state index in [2.05, 4.69) is 6.08 Å². The third-order valence-corrected chi connectivity index (χ3v) is 0.982. The van der Waals surface area contributed by atoms with Crippen molar-refractivity contribution in [3.8, 4) is 0 Å². The molecule has 0 aromatic carbocycles. The normalized spacial score (nSPS) is 15.3. The van der Waals surface area contributed by atoms with Crippen LogP contribution >= 0.6 is 0 Å². The highest BCUT2D eigenvalue weighted by atomic mass is 19.1. The summed E-state index contributed by atoms with van der Waals surface area (Å²) in [5.41, 5.74) is -0.539. The molecule has 1 aliphatic rings. The maximum absolute atomic E-state index is 12.3. The van der Waals surface area contributed by atoms with Crippen LogP contribution in [-0.4, -0.2) is 4.92 Å². The maximum atomic E-state index is 12.3. The molecule has 1 rings (SSSR count). The summed E-state index contributed by atoms with van der Waals surface area (Å²) in [6.45, 7) is 0. The van der Waals surface area contributed by atoms with E-state index in [1.807, 2.05) is 0 Å². The van der Waals surface area contributed by atoms with Crippen LogP contribution in [0.2, 0.25) is 0 Å². The summed E-state index contributed by atoms with van der Waals surface area (Å²) < 4.78 is 12.3. The lowest BCUT2D eigenvalue weighted by Crippen LogP contribution is -2.00. The van der Waals surface area contributed by atoms with Crippen LogP contribution < -0.4 is 0 Å². The third kappa shape index (κ3) is 1.06. The van der Waals surface area contributed by atoms with Crippen molar-refractivity contribution in [2.45, 2.75) is 0 Å². The summed E-state index contributed by atoms with van der Waals surface area (Å²) in [4.78, 5) is 9.18. The molecule has 0 aromatic rings. The molecular weight excluding hydrogens is 137 g/mol. The van der Waals surface area contributed by atoms with Gasteiger partial charge in [0.05, 0.1) is 12.2 Å². The number of nitrogens with zero attached hydrogens (tertiary/aromatic N) is 1. The molecule has 4 heteroatoms. The highest BCUT2D eigenvalue weighted by molar-refractivity contribution is 5.28. The summed E-state index contributed by atoms with van der Waals surface area (Å²) in [6.07, 6.45) is 5.80. The number of hydrogen-bond donors (Lipinski definition) is 0. The number of rotatable bonds is 1. The Hall–Kier alpha value is -1.54. The van der Waals surface area contributed by atoms with Crippen molar-refractivity contribution in [3.05, 3.63) is 45.9 Å². The maximum Gasteiger partial charge on any atom is 0.415 e. The van der Waals surface area contributed by atoms with E-state index in [1.165, 1.54) is 12.2 Å². The zero-order valence-electron chi connectivity index (χ0n) is 4.87. The number of halogens is 1. The average molecular weight is 140 g/mol. The summed E-state index contributed by atoms with van der Waals surface area (Å²) >= 11 is 0. The standard InChI is InChI=1S/C6H3FNO2/c7-5-3-1-2-4-6(5)8(9)10/h1-2,4H/q+1. The Bertz CT molecular complexity index is 252. The van der Waals surface area contributed by atoms with Crippen molar-refractivity contribution in [2.24, 2.45) is 0 Å². The molecule has 0 spiro atoms. The minimum atomic E-state index is -0.924. The van der Waals surface area contributed by atoms with Gasteiger partial charge < -0.3 is 0 Å². The Kier molecular flexibility index (Phi) is 1.56. The molecule has 0 radical (unpaired) electrons. The predicted molar refractivity (Wildman–Crippen MR) is 32.1 cm³/mol. The van der Waals surface area contributed by atoms with Gasteiger partial charge in [0.25, 0.3) is 0 Å². The number of nitro groups is 1. The molecule has 0 saturated heterocycles. The van der Waals surface area contributed by atoms with E-state index in [0.717, 1.165) is 6.08 Å². The molecule has 0 atom stereocenters. The van der Waals surface area contributed by atoms with Crippen LogP contribution in [0.15, 0.2) is 29.8 Å². The number of hydrogen-bond acceptors (Lipinski definition) is 2. The average Bonchev–Trinajstić information content (AvgIpc) is 1.88. The van der Waals surface area contributed by atoms with Crippen LogP contribution in [0, 0.1) is 16.2 Å². The quantitative estimate of drug-likeness (QED) is 0.313. The third-order valence-electron chi connectivity index (χ3n) is 0.982. The Labute approximate surface area is 56.3 Å². The smallest absolute Gasteiger partial charge is 0.246 e. The van der Waals surface area contributed by atoms with Gasteiger partial charge >= 0.3 is 11.5 Å². The second-order valence-corrected chi connectivity index (χ2v) is 1.63. The summed E-state index contributed by atoms with van der Waals surface area (Å²) in [5, 5.41) is 9.97. The first-order valence-corrected chi connectivity index (χ1v) is 2.52. The molecule has 0 unspecified atom stereocenters. The first-order chi connectivity index (χ1) is 4.72. The molecule has 0 saturated carbocycles. The van der Waals surface area contributed by atoms with Gasteiger partial charge in [-0.15, -0.1) is 0 Å². The van der Waals surface area contributed by atoms with Gasteiger partial charge in [0, 0.05) is 0 Å². The minimum Gasteiger partial charge on any atom is -0.246 e. The van der Waals surface area contributed by atoms with E-state index in [-0.39, 0.29) is 0 Å². The zero-order valence-corrected chi connectivity index (χ0v) is 4.87. The SMILES string of the molecule is O=[N+]([O-])C1=CC=C[C+]=C1F. The van der Waals surface area contributed by atoms with Crippen LogP contribution in [0.5, 0.6) is 0 Å². The first kappa shape index (κ1) is 6.58. The van der Waals surface area contributed by atoms with Crippen LogP contribution in [0.25, 0.3) is 0 Å². The van der Waals surface area contributed by atoms with Gasteiger partial charge in [-0.3, -0.25) is 0 Å². The second-order valence-electron chi connectivity index (χ2n) is 1.63. The minimum absolute atomic E-state index is 0.539.